The van der Waals surface area contributed by atoms with Gasteiger partial charge < -0.3 is 15.1 Å². The average Bonchev–Trinajstić information content (AvgIpc) is 2.64. The van der Waals surface area contributed by atoms with Gasteiger partial charge in [0.05, 0.1) is 5.92 Å². The number of carboxylic acid groups (broad SMARTS) is 1. The van der Waals surface area contributed by atoms with E-state index in [4.69, 9.17) is 10.2 Å². The third kappa shape index (κ3) is 2.55. The Balaban J connectivity index is 2.02. The third-order valence-corrected chi connectivity index (χ3v) is 2.87. The number of aromatic hydroxyl groups is 1. The van der Waals surface area contributed by atoms with E-state index < -0.39 is 11.9 Å². The van der Waals surface area contributed by atoms with E-state index in [0.29, 0.717) is 6.54 Å². The summed E-state index contributed by atoms with van der Waals surface area (Å²) in [5, 5.41) is 18.0. The van der Waals surface area contributed by atoms with Crippen molar-refractivity contribution in [2.75, 3.05) is 6.54 Å². The highest BCUT2D eigenvalue weighted by Gasteiger charge is 2.33. The van der Waals surface area contributed by atoms with Gasteiger partial charge in [0, 0.05) is 19.5 Å². The third-order valence-electron chi connectivity index (χ3n) is 2.87. The van der Waals surface area contributed by atoms with Crippen LogP contribution in [-0.4, -0.2) is 33.5 Å². The number of likely N-dealkylation sites (tertiary alicyclic amines) is 1. The van der Waals surface area contributed by atoms with Crippen molar-refractivity contribution in [3.63, 3.8) is 0 Å². The van der Waals surface area contributed by atoms with Gasteiger partial charge in [-0.2, -0.15) is 0 Å². The number of carbonyl (C=O) groups excluding carboxylic acids is 1. The van der Waals surface area contributed by atoms with Crippen LogP contribution in [0.3, 0.4) is 0 Å². The average molecular weight is 235 g/mol. The molecule has 0 unspecified atom stereocenters. The molecule has 0 radical (unpaired) electrons. The number of benzene rings is 1. The monoisotopic (exact) mass is 235 g/mol. The molecule has 2 rings (SSSR count). The molecule has 5 heteroatoms. The highest BCUT2D eigenvalue weighted by molar-refractivity contribution is 5.86. The summed E-state index contributed by atoms with van der Waals surface area (Å²) in [5.74, 6) is -1.48. The number of nitrogens with zero attached hydrogens (tertiary/aromatic N) is 1. The second kappa shape index (κ2) is 4.45. The molecule has 1 heterocycles. The molecule has 90 valence electrons. The lowest BCUT2D eigenvalue weighted by Gasteiger charge is -2.15. The lowest BCUT2D eigenvalue weighted by Crippen LogP contribution is -2.25. The minimum Gasteiger partial charge on any atom is -0.508 e. The van der Waals surface area contributed by atoms with Crippen LogP contribution in [0.2, 0.25) is 0 Å². The lowest BCUT2D eigenvalue weighted by atomic mass is 10.1. The number of hydrogen-bond donors (Lipinski definition) is 2. The van der Waals surface area contributed by atoms with E-state index in [1.165, 1.54) is 4.90 Å². The molecule has 0 bridgehead atoms. The zero-order valence-electron chi connectivity index (χ0n) is 9.17. The van der Waals surface area contributed by atoms with Crippen LogP contribution in [0.4, 0.5) is 0 Å². The van der Waals surface area contributed by atoms with Crippen molar-refractivity contribution in [2.45, 2.75) is 13.0 Å². The zero-order chi connectivity index (χ0) is 12.4. The Morgan fingerprint density at radius 1 is 1.35 bits per heavy atom. The van der Waals surface area contributed by atoms with Gasteiger partial charge in [0.1, 0.15) is 5.75 Å². The van der Waals surface area contributed by atoms with Crippen LogP contribution in [-0.2, 0) is 16.1 Å². The van der Waals surface area contributed by atoms with E-state index in [0.717, 1.165) is 5.56 Å². The molecule has 0 spiro atoms. The van der Waals surface area contributed by atoms with Crippen molar-refractivity contribution in [1.29, 1.82) is 0 Å². The Hall–Kier alpha value is -2.04. The Morgan fingerprint density at radius 2 is 2.00 bits per heavy atom. The molecule has 1 amide bonds. The fraction of sp³-hybridized carbons (Fsp3) is 0.333. The van der Waals surface area contributed by atoms with Crippen LogP contribution in [0.25, 0.3) is 0 Å². The minimum atomic E-state index is -0.924. The number of phenols is 1. The van der Waals surface area contributed by atoms with Crippen molar-refractivity contribution >= 4 is 11.9 Å². The van der Waals surface area contributed by atoms with Crippen molar-refractivity contribution < 1.29 is 19.8 Å². The molecule has 0 aromatic heterocycles. The Morgan fingerprint density at radius 3 is 2.53 bits per heavy atom. The zero-order valence-corrected chi connectivity index (χ0v) is 9.17. The second-order valence-electron chi connectivity index (χ2n) is 4.18. The Bertz CT molecular complexity index is 440. The molecule has 1 aliphatic heterocycles. The summed E-state index contributed by atoms with van der Waals surface area (Å²) < 4.78 is 0. The van der Waals surface area contributed by atoms with Gasteiger partial charge in [0.25, 0.3) is 0 Å². The maximum absolute atomic E-state index is 11.6. The van der Waals surface area contributed by atoms with Crippen LogP contribution < -0.4 is 0 Å². The van der Waals surface area contributed by atoms with Gasteiger partial charge in [0.15, 0.2) is 0 Å². The number of phenolic OH excluding ortho intramolecular Hbond substituents is 1. The lowest BCUT2D eigenvalue weighted by molar-refractivity contribution is -0.141. The van der Waals surface area contributed by atoms with Gasteiger partial charge in [-0.25, -0.2) is 0 Å². The molecule has 2 N–H and O–H groups in total. The van der Waals surface area contributed by atoms with Crippen molar-refractivity contribution in [3.8, 4) is 5.75 Å². The van der Waals surface area contributed by atoms with E-state index >= 15 is 0 Å². The van der Waals surface area contributed by atoms with E-state index in [2.05, 4.69) is 0 Å². The van der Waals surface area contributed by atoms with Gasteiger partial charge in [0.2, 0.25) is 5.91 Å². The van der Waals surface area contributed by atoms with Crippen molar-refractivity contribution in [1.82, 2.24) is 4.90 Å². The number of carboxylic acids is 1. The van der Waals surface area contributed by atoms with Crippen LogP contribution >= 0.6 is 0 Å². The van der Waals surface area contributed by atoms with Crippen LogP contribution in [0.1, 0.15) is 12.0 Å². The summed E-state index contributed by atoms with van der Waals surface area (Å²) in [4.78, 5) is 23.9. The minimum absolute atomic E-state index is 0.0768. The highest BCUT2D eigenvalue weighted by atomic mass is 16.4. The first kappa shape index (κ1) is 11.4. The second-order valence-corrected chi connectivity index (χ2v) is 4.18. The first-order valence-electron chi connectivity index (χ1n) is 5.35. The first-order valence-corrected chi connectivity index (χ1v) is 5.35. The summed E-state index contributed by atoms with van der Waals surface area (Å²) in [7, 11) is 0. The van der Waals surface area contributed by atoms with Gasteiger partial charge in [-0.3, -0.25) is 9.59 Å². The van der Waals surface area contributed by atoms with E-state index in [1.54, 1.807) is 24.3 Å². The molecular weight excluding hydrogens is 222 g/mol. The standard InChI is InChI=1S/C12H13NO4/c14-10-3-1-8(2-4-10)6-13-7-9(12(16)17)5-11(13)15/h1-4,9,14H,5-7H2,(H,16,17)/t9-/m1/s1. The number of amides is 1. The van der Waals surface area contributed by atoms with Gasteiger partial charge in [-0.1, -0.05) is 12.1 Å². The fourth-order valence-corrected chi connectivity index (χ4v) is 1.91. The van der Waals surface area contributed by atoms with Gasteiger partial charge >= 0.3 is 5.97 Å². The predicted octanol–water partition coefficient (Wildman–Crippen LogP) is 0.825. The summed E-state index contributed by atoms with van der Waals surface area (Å²) >= 11 is 0. The van der Waals surface area contributed by atoms with E-state index in [9.17, 15) is 9.59 Å². The Kier molecular flexibility index (Phi) is 2.99. The van der Waals surface area contributed by atoms with Crippen molar-refractivity contribution in [3.05, 3.63) is 29.8 Å². The van der Waals surface area contributed by atoms with Gasteiger partial charge in [-0.15, -0.1) is 0 Å². The topological polar surface area (TPSA) is 77.8 Å². The maximum atomic E-state index is 11.6. The summed E-state index contributed by atoms with van der Waals surface area (Å²) in [6, 6.07) is 6.53. The molecule has 0 saturated carbocycles. The largest absolute Gasteiger partial charge is 0.508 e. The normalized spacial score (nSPS) is 19.6. The number of hydrogen-bond acceptors (Lipinski definition) is 3. The molecule has 0 aliphatic carbocycles. The molecule has 17 heavy (non-hydrogen) atoms. The quantitative estimate of drug-likeness (QED) is 0.813. The van der Waals surface area contributed by atoms with Gasteiger partial charge in [-0.05, 0) is 17.7 Å². The predicted molar refractivity (Wildman–Crippen MR) is 59.3 cm³/mol. The highest BCUT2D eigenvalue weighted by Crippen LogP contribution is 2.21. The molecule has 1 aromatic rings. The van der Waals surface area contributed by atoms with Crippen LogP contribution in [0.5, 0.6) is 5.75 Å². The van der Waals surface area contributed by atoms with E-state index in [-0.39, 0.29) is 24.6 Å². The molecule has 1 saturated heterocycles. The number of rotatable bonds is 3. The summed E-state index contributed by atoms with van der Waals surface area (Å²) in [6.45, 7) is 0.651. The number of carbonyl (C=O) groups is 2. The van der Waals surface area contributed by atoms with Crippen LogP contribution in [0.15, 0.2) is 24.3 Å². The maximum Gasteiger partial charge on any atom is 0.308 e. The molecule has 5 nitrogen and oxygen atoms in total. The van der Waals surface area contributed by atoms with Crippen molar-refractivity contribution in [2.24, 2.45) is 5.92 Å². The molecule has 1 atom stereocenters. The molecule has 1 aromatic carbocycles. The summed E-state index contributed by atoms with van der Waals surface area (Å²) in [6.07, 6.45) is 0.0768. The number of aliphatic carboxylic acids is 1. The Labute approximate surface area is 98.3 Å². The smallest absolute Gasteiger partial charge is 0.308 e. The SMILES string of the molecule is O=C(O)[C@@H]1CC(=O)N(Cc2ccc(O)cc2)C1. The van der Waals surface area contributed by atoms with E-state index in [1.807, 2.05) is 0 Å². The molecule has 1 aliphatic rings. The first-order chi connectivity index (χ1) is 8.06. The molecule has 1 fully saturated rings. The summed E-state index contributed by atoms with van der Waals surface area (Å²) in [5.41, 5.74) is 0.877. The molecular formula is C12H13NO4. The van der Waals surface area contributed by atoms with Crippen LogP contribution in [0, 0.1) is 5.92 Å². The fourth-order valence-electron chi connectivity index (χ4n) is 1.91.